The Bertz CT molecular complexity index is 498. The Hall–Kier alpha value is -1.09. The van der Waals surface area contributed by atoms with Crippen molar-refractivity contribution in [3.63, 3.8) is 0 Å². The van der Waals surface area contributed by atoms with Crippen LogP contribution in [0.1, 0.15) is 50.9 Å². The van der Waals surface area contributed by atoms with E-state index >= 15 is 0 Å². The van der Waals surface area contributed by atoms with E-state index in [1.165, 1.54) is 16.8 Å². The van der Waals surface area contributed by atoms with E-state index in [4.69, 9.17) is 0 Å². The van der Waals surface area contributed by atoms with E-state index in [0.717, 1.165) is 10.2 Å². The Morgan fingerprint density at radius 3 is 2.11 bits per heavy atom. The second-order valence-electron chi connectivity index (χ2n) is 5.21. The van der Waals surface area contributed by atoms with Crippen LogP contribution in [0.5, 0.6) is 0 Å². The van der Waals surface area contributed by atoms with E-state index in [1.807, 2.05) is 0 Å². The smallest absolute Gasteiger partial charge is 0.0728 e. The summed E-state index contributed by atoms with van der Waals surface area (Å²) in [5.74, 6) is 0.871. The van der Waals surface area contributed by atoms with E-state index in [9.17, 15) is 0 Å². The van der Waals surface area contributed by atoms with Gasteiger partial charge in [-0.15, -0.1) is 0 Å². The van der Waals surface area contributed by atoms with Gasteiger partial charge in [-0.25, -0.2) is 0 Å². The first kappa shape index (κ1) is 13.3. The molecule has 0 spiro atoms. The van der Waals surface area contributed by atoms with Crippen LogP contribution in [-0.4, -0.2) is 10.2 Å². The molecule has 0 aliphatic rings. The third-order valence-electron chi connectivity index (χ3n) is 3.08. The Morgan fingerprint density at radius 2 is 1.61 bits per heavy atom. The van der Waals surface area contributed by atoms with Crippen molar-refractivity contribution >= 4 is 15.9 Å². The zero-order valence-electron chi connectivity index (χ0n) is 11.3. The molecule has 96 valence electrons. The van der Waals surface area contributed by atoms with Gasteiger partial charge in [0.05, 0.1) is 5.69 Å². The summed E-state index contributed by atoms with van der Waals surface area (Å²) in [4.78, 5) is 0. The van der Waals surface area contributed by atoms with Crippen LogP contribution >= 0.6 is 15.9 Å². The first-order valence-electron chi connectivity index (χ1n) is 6.34. The number of nitrogens with one attached hydrogen (secondary N) is 1. The molecular formula is C15H19BrN2. The van der Waals surface area contributed by atoms with Gasteiger partial charge in [-0.3, -0.25) is 5.10 Å². The average molecular weight is 307 g/mol. The summed E-state index contributed by atoms with van der Waals surface area (Å²) in [5, 5.41) is 7.71. The first-order valence-corrected chi connectivity index (χ1v) is 7.14. The van der Waals surface area contributed by atoms with Crippen LogP contribution in [0.4, 0.5) is 0 Å². The van der Waals surface area contributed by atoms with Gasteiger partial charge >= 0.3 is 0 Å². The minimum atomic E-state index is 0.424. The molecular weight excluding hydrogens is 288 g/mol. The number of aromatic nitrogens is 2. The number of nitrogens with zero attached hydrogens (tertiary/aromatic N) is 1. The van der Waals surface area contributed by atoms with Crippen molar-refractivity contribution in [1.29, 1.82) is 0 Å². The molecule has 3 heteroatoms. The highest BCUT2D eigenvalue weighted by molar-refractivity contribution is 9.10. The lowest BCUT2D eigenvalue weighted by molar-refractivity contribution is 0.791. The molecule has 2 nitrogen and oxygen atoms in total. The fourth-order valence-corrected chi connectivity index (χ4v) is 2.39. The molecule has 1 N–H and O–H groups in total. The van der Waals surface area contributed by atoms with E-state index < -0.39 is 0 Å². The molecule has 1 aromatic carbocycles. The van der Waals surface area contributed by atoms with Gasteiger partial charge in [0, 0.05) is 15.7 Å². The van der Waals surface area contributed by atoms with Gasteiger partial charge in [0.1, 0.15) is 0 Å². The number of rotatable bonds is 3. The van der Waals surface area contributed by atoms with Gasteiger partial charge < -0.3 is 0 Å². The lowest BCUT2D eigenvalue weighted by atomic mass is 9.93. The third-order valence-corrected chi connectivity index (χ3v) is 3.61. The standard InChI is InChI=1S/C15H19BrN2/c1-9(2)14-13(15(10(3)4)18-17-14)11-5-7-12(16)8-6-11/h5-10H,1-4H3,(H,17,18). The lowest BCUT2D eigenvalue weighted by Crippen LogP contribution is -1.94. The molecule has 0 saturated heterocycles. The molecule has 1 heterocycles. The number of halogens is 1. The van der Waals surface area contributed by atoms with Gasteiger partial charge in [0.2, 0.25) is 0 Å². The number of hydrogen-bond donors (Lipinski definition) is 1. The lowest BCUT2D eigenvalue weighted by Gasteiger charge is -2.10. The van der Waals surface area contributed by atoms with Crippen LogP contribution in [-0.2, 0) is 0 Å². The second kappa shape index (κ2) is 5.27. The largest absolute Gasteiger partial charge is 0.281 e. The predicted octanol–water partition coefficient (Wildman–Crippen LogP) is 5.09. The highest BCUT2D eigenvalue weighted by Crippen LogP contribution is 2.34. The minimum Gasteiger partial charge on any atom is -0.281 e. The number of H-pyrrole nitrogens is 1. The molecule has 0 aliphatic carbocycles. The number of benzene rings is 1. The molecule has 2 aromatic rings. The molecule has 0 amide bonds. The van der Waals surface area contributed by atoms with E-state index in [1.54, 1.807) is 0 Å². The molecule has 18 heavy (non-hydrogen) atoms. The minimum absolute atomic E-state index is 0.424. The molecule has 0 aliphatic heterocycles. The average Bonchev–Trinajstić information content (AvgIpc) is 2.74. The van der Waals surface area contributed by atoms with Crippen LogP contribution in [0, 0.1) is 0 Å². The maximum absolute atomic E-state index is 4.50. The van der Waals surface area contributed by atoms with Gasteiger partial charge in [-0.2, -0.15) is 5.10 Å². The summed E-state index contributed by atoms with van der Waals surface area (Å²) >= 11 is 3.48. The van der Waals surface area contributed by atoms with Crippen LogP contribution < -0.4 is 0 Å². The summed E-state index contributed by atoms with van der Waals surface area (Å²) in [6.45, 7) is 8.76. The van der Waals surface area contributed by atoms with Gasteiger partial charge in [0.25, 0.3) is 0 Å². The normalized spacial score (nSPS) is 11.5. The summed E-state index contributed by atoms with van der Waals surface area (Å²) in [6, 6.07) is 8.45. The van der Waals surface area contributed by atoms with Crippen LogP contribution in [0.25, 0.3) is 11.1 Å². The Morgan fingerprint density at radius 1 is 1.00 bits per heavy atom. The molecule has 0 bridgehead atoms. The number of aromatic amines is 1. The second-order valence-corrected chi connectivity index (χ2v) is 6.13. The zero-order chi connectivity index (χ0) is 13.3. The van der Waals surface area contributed by atoms with Crippen LogP contribution in [0.2, 0.25) is 0 Å². The molecule has 0 unspecified atom stereocenters. The van der Waals surface area contributed by atoms with E-state index in [-0.39, 0.29) is 0 Å². The fourth-order valence-electron chi connectivity index (χ4n) is 2.13. The molecule has 0 radical (unpaired) electrons. The van der Waals surface area contributed by atoms with Gasteiger partial charge in [-0.05, 0) is 29.5 Å². The summed E-state index contributed by atoms with van der Waals surface area (Å²) in [5.41, 5.74) is 4.88. The SMILES string of the molecule is CC(C)c1n[nH]c(C(C)C)c1-c1ccc(Br)cc1. The van der Waals surface area contributed by atoms with Crippen molar-refractivity contribution in [2.75, 3.05) is 0 Å². The van der Waals surface area contributed by atoms with Crippen molar-refractivity contribution in [2.24, 2.45) is 0 Å². The van der Waals surface area contributed by atoms with Crippen molar-refractivity contribution in [3.05, 3.63) is 40.1 Å². The Balaban J connectivity index is 2.59. The summed E-state index contributed by atoms with van der Waals surface area (Å²) in [6.07, 6.45) is 0. The third kappa shape index (κ3) is 2.51. The van der Waals surface area contributed by atoms with Gasteiger partial charge in [0.15, 0.2) is 0 Å². The maximum Gasteiger partial charge on any atom is 0.0728 e. The molecule has 0 fully saturated rings. The van der Waals surface area contributed by atoms with E-state index in [2.05, 4.69) is 78.1 Å². The van der Waals surface area contributed by atoms with Crippen LogP contribution in [0.15, 0.2) is 28.7 Å². The number of hydrogen-bond acceptors (Lipinski definition) is 1. The molecule has 0 saturated carbocycles. The highest BCUT2D eigenvalue weighted by Gasteiger charge is 2.19. The van der Waals surface area contributed by atoms with Crippen molar-refractivity contribution in [1.82, 2.24) is 10.2 Å². The fraction of sp³-hybridized carbons (Fsp3) is 0.400. The van der Waals surface area contributed by atoms with Gasteiger partial charge in [-0.1, -0.05) is 55.8 Å². The molecule has 1 aromatic heterocycles. The van der Waals surface area contributed by atoms with Crippen LogP contribution in [0.3, 0.4) is 0 Å². The zero-order valence-corrected chi connectivity index (χ0v) is 12.9. The molecule has 2 rings (SSSR count). The first-order chi connectivity index (χ1) is 8.50. The Labute approximate surface area is 117 Å². The monoisotopic (exact) mass is 306 g/mol. The topological polar surface area (TPSA) is 28.7 Å². The van der Waals surface area contributed by atoms with Crippen molar-refractivity contribution in [3.8, 4) is 11.1 Å². The molecule has 0 atom stereocenters. The van der Waals surface area contributed by atoms with E-state index in [0.29, 0.717) is 11.8 Å². The highest BCUT2D eigenvalue weighted by atomic mass is 79.9. The summed E-state index contributed by atoms with van der Waals surface area (Å²) in [7, 11) is 0. The summed E-state index contributed by atoms with van der Waals surface area (Å²) < 4.78 is 1.10. The predicted molar refractivity (Wildman–Crippen MR) is 79.9 cm³/mol. The van der Waals surface area contributed by atoms with Crippen molar-refractivity contribution < 1.29 is 0 Å². The Kier molecular flexibility index (Phi) is 3.91. The quantitative estimate of drug-likeness (QED) is 0.841. The van der Waals surface area contributed by atoms with Crippen molar-refractivity contribution in [2.45, 2.75) is 39.5 Å². The maximum atomic E-state index is 4.50.